The molecule has 2 N–H and O–H groups in total. The van der Waals surface area contributed by atoms with E-state index in [4.69, 9.17) is 17.3 Å². The molecule has 0 bridgehead atoms. The monoisotopic (exact) mass is 273 g/mol. The summed E-state index contributed by atoms with van der Waals surface area (Å²) < 4.78 is 35.8. The van der Waals surface area contributed by atoms with Gasteiger partial charge in [0.2, 0.25) is 0 Å². The van der Waals surface area contributed by atoms with Gasteiger partial charge in [0, 0.05) is 17.5 Å². The lowest BCUT2D eigenvalue weighted by Crippen LogP contribution is -2.15. The molecule has 16 heavy (non-hydrogen) atoms. The van der Waals surface area contributed by atoms with Gasteiger partial charge in [-0.3, -0.25) is 0 Å². The topological polar surface area (TPSA) is 26.0 Å². The lowest BCUT2D eigenvalue weighted by Gasteiger charge is -2.13. The molecule has 1 nitrogen and oxygen atoms in total. The number of hydrogen-bond donors (Lipinski definition) is 1. The minimum absolute atomic E-state index is 0. The van der Waals surface area contributed by atoms with E-state index >= 15 is 0 Å². The van der Waals surface area contributed by atoms with Crippen molar-refractivity contribution in [2.75, 3.05) is 0 Å². The number of nitrogens with two attached hydrogens (primary N) is 1. The lowest BCUT2D eigenvalue weighted by molar-refractivity contribution is -0.136. The van der Waals surface area contributed by atoms with E-state index in [0.717, 1.165) is 0 Å². The minimum Gasteiger partial charge on any atom is -0.324 e. The van der Waals surface area contributed by atoms with Crippen molar-refractivity contribution in [3.63, 3.8) is 0 Å². The predicted molar refractivity (Wildman–Crippen MR) is 60.9 cm³/mol. The summed E-state index contributed by atoms with van der Waals surface area (Å²) in [5.74, 6) is 0. The lowest BCUT2D eigenvalue weighted by atomic mass is 10.0. The Kier molecular flexibility index (Phi) is 6.15. The number of rotatable bonds is 3. The number of alkyl halides is 3. The third-order valence-corrected chi connectivity index (χ3v) is 2.25. The molecule has 0 aromatic heterocycles. The Morgan fingerprint density at radius 3 is 2.44 bits per heavy atom. The molecule has 0 unspecified atom stereocenters. The Bertz CT molecular complexity index is 328. The van der Waals surface area contributed by atoms with Crippen molar-refractivity contribution in [1.29, 1.82) is 0 Å². The van der Waals surface area contributed by atoms with E-state index in [9.17, 15) is 13.2 Å². The Morgan fingerprint density at radius 2 is 1.94 bits per heavy atom. The molecule has 1 aromatic rings. The van der Waals surface area contributed by atoms with E-state index in [1.54, 1.807) is 24.3 Å². The molecule has 0 heterocycles. The predicted octanol–water partition coefficient (Wildman–Crippen LogP) is 4.10. The summed E-state index contributed by atoms with van der Waals surface area (Å²) in [6, 6.07) is 5.97. The maximum Gasteiger partial charge on any atom is 0.389 e. The molecule has 0 aliphatic heterocycles. The molecular weight excluding hydrogens is 262 g/mol. The van der Waals surface area contributed by atoms with Crippen LogP contribution < -0.4 is 5.73 Å². The number of benzene rings is 1. The van der Waals surface area contributed by atoms with Gasteiger partial charge in [0.25, 0.3) is 0 Å². The quantitative estimate of drug-likeness (QED) is 0.882. The summed E-state index contributed by atoms with van der Waals surface area (Å²) in [6.07, 6.45) is -5.15. The van der Waals surface area contributed by atoms with Crippen molar-refractivity contribution in [3.05, 3.63) is 34.9 Å². The average molecular weight is 274 g/mol. The zero-order valence-electron chi connectivity index (χ0n) is 8.30. The summed E-state index contributed by atoms with van der Waals surface area (Å²) in [6.45, 7) is 0. The van der Waals surface area contributed by atoms with E-state index < -0.39 is 18.6 Å². The largest absolute Gasteiger partial charge is 0.389 e. The van der Waals surface area contributed by atoms with Crippen LogP contribution in [0, 0.1) is 0 Å². The van der Waals surface area contributed by atoms with Crippen LogP contribution in [0.1, 0.15) is 24.4 Å². The normalized spacial score (nSPS) is 13.1. The van der Waals surface area contributed by atoms with E-state index in [-0.39, 0.29) is 18.8 Å². The Balaban J connectivity index is 0.00000225. The Labute approximate surface area is 103 Å². The fourth-order valence-corrected chi connectivity index (χ4v) is 1.42. The van der Waals surface area contributed by atoms with Crippen molar-refractivity contribution < 1.29 is 13.2 Å². The molecule has 0 saturated heterocycles. The summed E-state index contributed by atoms with van der Waals surface area (Å²) in [7, 11) is 0. The van der Waals surface area contributed by atoms with Gasteiger partial charge in [0.05, 0.1) is 0 Å². The van der Waals surface area contributed by atoms with Gasteiger partial charge < -0.3 is 5.73 Å². The maximum atomic E-state index is 11.9. The first-order valence-corrected chi connectivity index (χ1v) is 4.84. The second-order valence-electron chi connectivity index (χ2n) is 3.32. The number of halogens is 5. The van der Waals surface area contributed by atoms with Crippen LogP contribution in [-0.2, 0) is 0 Å². The van der Waals surface area contributed by atoms with E-state index in [2.05, 4.69) is 0 Å². The molecule has 0 amide bonds. The van der Waals surface area contributed by atoms with E-state index in [1.807, 2.05) is 0 Å². The summed E-state index contributed by atoms with van der Waals surface area (Å²) in [5, 5.41) is 0.481. The van der Waals surface area contributed by atoms with Gasteiger partial charge in [-0.2, -0.15) is 13.2 Å². The second kappa shape index (κ2) is 6.33. The van der Waals surface area contributed by atoms with Crippen molar-refractivity contribution >= 4 is 24.0 Å². The zero-order valence-corrected chi connectivity index (χ0v) is 9.87. The highest BCUT2D eigenvalue weighted by Gasteiger charge is 2.27. The van der Waals surface area contributed by atoms with Gasteiger partial charge in [-0.15, -0.1) is 12.4 Å². The van der Waals surface area contributed by atoms with E-state index in [0.29, 0.717) is 10.6 Å². The second-order valence-corrected chi connectivity index (χ2v) is 3.75. The van der Waals surface area contributed by atoms with Gasteiger partial charge in [0.15, 0.2) is 0 Å². The Morgan fingerprint density at radius 1 is 1.31 bits per heavy atom. The van der Waals surface area contributed by atoms with Crippen LogP contribution in [0.3, 0.4) is 0 Å². The van der Waals surface area contributed by atoms with E-state index in [1.165, 1.54) is 0 Å². The minimum atomic E-state index is -4.16. The SMILES string of the molecule is Cl.N[C@@H](CCC(F)(F)F)c1cccc(Cl)c1. The first-order chi connectivity index (χ1) is 6.88. The molecule has 0 spiro atoms. The molecule has 0 aliphatic rings. The molecular formula is C10H12Cl2F3N. The molecule has 6 heteroatoms. The zero-order chi connectivity index (χ0) is 11.5. The van der Waals surface area contributed by atoms with Crippen LogP contribution in [0.2, 0.25) is 5.02 Å². The third-order valence-electron chi connectivity index (χ3n) is 2.02. The van der Waals surface area contributed by atoms with Gasteiger partial charge in [-0.05, 0) is 24.1 Å². The van der Waals surface area contributed by atoms with Crippen LogP contribution >= 0.6 is 24.0 Å². The van der Waals surface area contributed by atoms with Crippen LogP contribution in [0.4, 0.5) is 13.2 Å². The highest BCUT2D eigenvalue weighted by molar-refractivity contribution is 6.30. The van der Waals surface area contributed by atoms with Crippen LogP contribution in [0.5, 0.6) is 0 Å². The molecule has 0 radical (unpaired) electrons. The highest BCUT2D eigenvalue weighted by Crippen LogP contribution is 2.27. The average Bonchev–Trinajstić information content (AvgIpc) is 2.13. The first kappa shape index (κ1) is 15.6. The third kappa shape index (κ3) is 5.58. The van der Waals surface area contributed by atoms with Gasteiger partial charge in [0.1, 0.15) is 0 Å². The maximum absolute atomic E-state index is 11.9. The van der Waals surface area contributed by atoms with Crippen molar-refractivity contribution in [3.8, 4) is 0 Å². The summed E-state index contributed by atoms with van der Waals surface area (Å²) in [4.78, 5) is 0. The van der Waals surface area contributed by atoms with Crippen LogP contribution in [0.25, 0.3) is 0 Å². The van der Waals surface area contributed by atoms with Crippen LogP contribution in [0.15, 0.2) is 24.3 Å². The fraction of sp³-hybridized carbons (Fsp3) is 0.400. The summed E-state index contributed by atoms with van der Waals surface area (Å²) >= 11 is 5.70. The fourth-order valence-electron chi connectivity index (χ4n) is 1.22. The van der Waals surface area contributed by atoms with Crippen molar-refractivity contribution in [1.82, 2.24) is 0 Å². The molecule has 0 saturated carbocycles. The molecule has 1 atom stereocenters. The van der Waals surface area contributed by atoms with Gasteiger partial charge in [-0.25, -0.2) is 0 Å². The Hall–Kier alpha value is -0.450. The molecule has 1 aromatic carbocycles. The molecule has 0 aliphatic carbocycles. The summed E-state index contributed by atoms with van der Waals surface area (Å²) in [5.41, 5.74) is 6.24. The molecule has 92 valence electrons. The van der Waals surface area contributed by atoms with Crippen molar-refractivity contribution in [2.45, 2.75) is 25.1 Å². The number of hydrogen-bond acceptors (Lipinski definition) is 1. The smallest absolute Gasteiger partial charge is 0.324 e. The molecule has 0 fully saturated rings. The van der Waals surface area contributed by atoms with Gasteiger partial charge >= 0.3 is 6.18 Å². The van der Waals surface area contributed by atoms with Gasteiger partial charge in [-0.1, -0.05) is 23.7 Å². The highest BCUT2D eigenvalue weighted by atomic mass is 35.5. The standard InChI is InChI=1S/C10H11ClF3N.ClH/c11-8-3-1-2-7(6-8)9(15)4-5-10(12,13)14;/h1-3,6,9H,4-5,15H2;1H/t9-;/m0./s1. The van der Waals surface area contributed by atoms with Crippen molar-refractivity contribution in [2.24, 2.45) is 5.73 Å². The first-order valence-electron chi connectivity index (χ1n) is 4.46. The molecule has 1 rings (SSSR count). The van der Waals surface area contributed by atoms with Crippen LogP contribution in [-0.4, -0.2) is 6.18 Å².